The molecule has 1 unspecified atom stereocenters. The van der Waals surface area contributed by atoms with Gasteiger partial charge in [-0.25, -0.2) is 4.39 Å². The van der Waals surface area contributed by atoms with E-state index < -0.39 is 0 Å². The molecule has 1 atom stereocenters. The van der Waals surface area contributed by atoms with Gasteiger partial charge in [-0.1, -0.05) is 51.7 Å². The second kappa shape index (κ2) is 7.04. The molecule has 19 heavy (non-hydrogen) atoms. The van der Waals surface area contributed by atoms with Crippen molar-refractivity contribution in [2.45, 2.75) is 64.5 Å². The van der Waals surface area contributed by atoms with Gasteiger partial charge in [0.05, 0.1) is 0 Å². The Hall–Kier alpha value is -0.890. The molecule has 1 aliphatic carbocycles. The molecule has 1 aliphatic rings. The van der Waals surface area contributed by atoms with Crippen molar-refractivity contribution in [1.29, 1.82) is 0 Å². The van der Waals surface area contributed by atoms with Gasteiger partial charge in [0.2, 0.25) is 0 Å². The molecule has 0 amide bonds. The molecule has 2 heteroatoms. The summed E-state index contributed by atoms with van der Waals surface area (Å²) in [6, 6.07) is 7.94. The predicted octanol–water partition coefficient (Wildman–Crippen LogP) is 4.84. The van der Waals surface area contributed by atoms with Crippen LogP contribution in [0.1, 0.15) is 64.0 Å². The van der Waals surface area contributed by atoms with Gasteiger partial charge in [0.1, 0.15) is 5.82 Å². The third-order valence-electron chi connectivity index (χ3n) is 4.17. The smallest absolute Gasteiger partial charge is 0.123 e. The fourth-order valence-electron chi connectivity index (χ4n) is 3.04. The van der Waals surface area contributed by atoms with E-state index in [0.29, 0.717) is 18.0 Å². The lowest BCUT2D eigenvalue weighted by atomic mass is 9.94. The first kappa shape index (κ1) is 14.5. The maximum absolute atomic E-state index is 13.0. The SMILES string of the molecule is CC(C)C(NC1CCCCCC1)c1ccc(F)cc1. The largest absolute Gasteiger partial charge is 0.307 e. The van der Waals surface area contributed by atoms with Crippen LogP contribution in [-0.4, -0.2) is 6.04 Å². The van der Waals surface area contributed by atoms with E-state index in [9.17, 15) is 4.39 Å². The third kappa shape index (κ3) is 4.31. The molecule has 0 radical (unpaired) electrons. The lowest BCUT2D eigenvalue weighted by molar-refractivity contribution is 0.337. The van der Waals surface area contributed by atoms with Gasteiger partial charge in [0.25, 0.3) is 0 Å². The summed E-state index contributed by atoms with van der Waals surface area (Å²) < 4.78 is 13.0. The van der Waals surface area contributed by atoms with Crippen molar-refractivity contribution in [3.63, 3.8) is 0 Å². The normalized spacial score (nSPS) is 19.4. The zero-order valence-electron chi connectivity index (χ0n) is 12.2. The number of halogens is 1. The van der Waals surface area contributed by atoms with Crippen LogP contribution in [0.4, 0.5) is 4.39 Å². The van der Waals surface area contributed by atoms with Crippen molar-refractivity contribution in [3.05, 3.63) is 35.6 Å². The molecule has 0 aromatic heterocycles. The first-order valence-corrected chi connectivity index (χ1v) is 7.68. The Kier molecular flexibility index (Phi) is 5.38. The first-order chi connectivity index (χ1) is 9.16. The van der Waals surface area contributed by atoms with Gasteiger partial charge in [-0.15, -0.1) is 0 Å². The molecule has 1 saturated carbocycles. The molecular weight excluding hydrogens is 237 g/mol. The van der Waals surface area contributed by atoms with Gasteiger partial charge in [0, 0.05) is 12.1 Å². The van der Waals surface area contributed by atoms with Gasteiger partial charge in [-0.3, -0.25) is 0 Å². The Bertz CT molecular complexity index is 363. The van der Waals surface area contributed by atoms with E-state index in [-0.39, 0.29) is 5.82 Å². The average molecular weight is 263 g/mol. The van der Waals surface area contributed by atoms with Crippen molar-refractivity contribution in [3.8, 4) is 0 Å². The highest BCUT2D eigenvalue weighted by Gasteiger charge is 2.20. The summed E-state index contributed by atoms with van der Waals surface area (Å²) in [6.45, 7) is 4.47. The molecule has 1 N–H and O–H groups in total. The van der Waals surface area contributed by atoms with E-state index in [1.807, 2.05) is 12.1 Å². The van der Waals surface area contributed by atoms with Crippen LogP contribution in [0.25, 0.3) is 0 Å². The molecule has 106 valence electrons. The topological polar surface area (TPSA) is 12.0 Å². The van der Waals surface area contributed by atoms with Crippen molar-refractivity contribution in [1.82, 2.24) is 5.32 Å². The highest BCUT2D eigenvalue weighted by atomic mass is 19.1. The van der Waals surface area contributed by atoms with Gasteiger partial charge in [0.15, 0.2) is 0 Å². The van der Waals surface area contributed by atoms with Crippen LogP contribution in [0, 0.1) is 11.7 Å². The molecular formula is C17H26FN. The van der Waals surface area contributed by atoms with Crippen molar-refractivity contribution in [2.24, 2.45) is 5.92 Å². The molecule has 1 nitrogen and oxygen atoms in total. The summed E-state index contributed by atoms with van der Waals surface area (Å²) in [6.07, 6.45) is 7.99. The molecule has 0 saturated heterocycles. The summed E-state index contributed by atoms with van der Waals surface area (Å²) in [5.74, 6) is 0.370. The van der Waals surface area contributed by atoms with Gasteiger partial charge in [-0.05, 0) is 36.5 Å². The second-order valence-electron chi connectivity index (χ2n) is 6.13. The molecule has 0 aliphatic heterocycles. The van der Waals surface area contributed by atoms with Crippen LogP contribution in [0.2, 0.25) is 0 Å². The summed E-state index contributed by atoms with van der Waals surface area (Å²) in [4.78, 5) is 0. The highest BCUT2D eigenvalue weighted by molar-refractivity contribution is 5.20. The standard InChI is InChI=1S/C17H26FN/c1-13(2)17(14-9-11-15(18)12-10-14)19-16-7-5-3-4-6-8-16/h9-13,16-17,19H,3-8H2,1-2H3. The van der Waals surface area contributed by atoms with Crippen LogP contribution >= 0.6 is 0 Å². The number of hydrogen-bond donors (Lipinski definition) is 1. The van der Waals surface area contributed by atoms with E-state index in [1.54, 1.807) is 12.1 Å². The quantitative estimate of drug-likeness (QED) is 0.767. The Balaban J connectivity index is 2.04. The summed E-state index contributed by atoms with van der Waals surface area (Å²) in [5.41, 5.74) is 1.21. The molecule has 0 bridgehead atoms. The lowest BCUT2D eigenvalue weighted by Gasteiger charge is -2.28. The Labute approximate surface area is 116 Å². The van der Waals surface area contributed by atoms with Crippen LogP contribution in [0.15, 0.2) is 24.3 Å². The maximum Gasteiger partial charge on any atom is 0.123 e. The average Bonchev–Trinajstić information content (AvgIpc) is 2.65. The summed E-state index contributed by atoms with van der Waals surface area (Å²) >= 11 is 0. The van der Waals surface area contributed by atoms with Gasteiger partial charge < -0.3 is 5.32 Å². The van der Waals surface area contributed by atoms with Crippen LogP contribution in [0.3, 0.4) is 0 Å². The Morgan fingerprint density at radius 2 is 1.58 bits per heavy atom. The predicted molar refractivity (Wildman–Crippen MR) is 78.6 cm³/mol. The minimum Gasteiger partial charge on any atom is -0.307 e. The maximum atomic E-state index is 13.0. The van der Waals surface area contributed by atoms with E-state index in [0.717, 1.165) is 0 Å². The number of benzene rings is 1. The molecule has 0 spiro atoms. The third-order valence-corrected chi connectivity index (χ3v) is 4.17. The minimum absolute atomic E-state index is 0.152. The van der Waals surface area contributed by atoms with Crippen LogP contribution in [0.5, 0.6) is 0 Å². The number of nitrogens with one attached hydrogen (secondary N) is 1. The highest BCUT2D eigenvalue weighted by Crippen LogP contribution is 2.26. The molecule has 1 aromatic carbocycles. The Morgan fingerprint density at radius 1 is 1.00 bits per heavy atom. The fourth-order valence-corrected chi connectivity index (χ4v) is 3.04. The molecule has 0 heterocycles. The van der Waals surface area contributed by atoms with Crippen LogP contribution in [-0.2, 0) is 0 Å². The molecule has 1 aromatic rings. The van der Waals surface area contributed by atoms with Crippen molar-refractivity contribution >= 4 is 0 Å². The van der Waals surface area contributed by atoms with Gasteiger partial charge >= 0.3 is 0 Å². The molecule has 1 fully saturated rings. The van der Waals surface area contributed by atoms with E-state index in [1.165, 1.54) is 44.1 Å². The lowest BCUT2D eigenvalue weighted by Crippen LogP contribution is -2.35. The zero-order valence-corrected chi connectivity index (χ0v) is 12.2. The Morgan fingerprint density at radius 3 is 2.11 bits per heavy atom. The summed E-state index contributed by atoms with van der Waals surface area (Å²) in [5, 5.41) is 3.81. The molecule has 2 rings (SSSR count). The fraction of sp³-hybridized carbons (Fsp3) is 0.647. The second-order valence-corrected chi connectivity index (χ2v) is 6.13. The van der Waals surface area contributed by atoms with E-state index in [4.69, 9.17) is 0 Å². The number of hydrogen-bond acceptors (Lipinski definition) is 1. The van der Waals surface area contributed by atoms with Crippen molar-refractivity contribution < 1.29 is 4.39 Å². The van der Waals surface area contributed by atoms with E-state index in [2.05, 4.69) is 19.2 Å². The number of rotatable bonds is 4. The van der Waals surface area contributed by atoms with Gasteiger partial charge in [-0.2, -0.15) is 0 Å². The van der Waals surface area contributed by atoms with Crippen LogP contribution < -0.4 is 5.32 Å². The summed E-state index contributed by atoms with van der Waals surface area (Å²) in [7, 11) is 0. The van der Waals surface area contributed by atoms with E-state index >= 15 is 0 Å². The zero-order chi connectivity index (χ0) is 13.7. The monoisotopic (exact) mass is 263 g/mol. The first-order valence-electron chi connectivity index (χ1n) is 7.68. The minimum atomic E-state index is -0.152. The van der Waals surface area contributed by atoms with Crippen molar-refractivity contribution in [2.75, 3.05) is 0 Å².